The van der Waals surface area contributed by atoms with Crippen LogP contribution in [0.1, 0.15) is 52.4 Å². The van der Waals surface area contributed by atoms with Crippen molar-refractivity contribution in [2.45, 2.75) is 65.5 Å². The average Bonchev–Trinajstić information content (AvgIpc) is 3.41. The Morgan fingerprint density at radius 1 is 0.975 bits per heavy atom. The zero-order valence-corrected chi connectivity index (χ0v) is 22.4. The number of nitrogens with zero attached hydrogens (tertiary/aromatic N) is 3. The Bertz CT molecular complexity index is 1580. The maximum absolute atomic E-state index is 12.9. The number of aromatic amines is 1. The molecule has 0 aliphatic heterocycles. The van der Waals surface area contributed by atoms with Crippen LogP contribution in [0.15, 0.2) is 45.0 Å². The summed E-state index contributed by atoms with van der Waals surface area (Å²) in [5.74, 6) is -1.62. The number of ether oxygens (including phenoxy) is 1. The normalized spacial score (nSPS) is 13.3. The Morgan fingerprint density at radius 3 is 2.27 bits per heavy atom. The van der Waals surface area contributed by atoms with Crippen LogP contribution in [0, 0.1) is 0 Å². The second-order valence-corrected chi connectivity index (χ2v) is 9.46. The monoisotopic (exact) mass is 552 g/mol. The van der Waals surface area contributed by atoms with E-state index in [0.29, 0.717) is 74.4 Å². The Labute approximate surface area is 228 Å². The molecule has 212 valence electrons. The molecule has 3 aromatic rings. The minimum Gasteiger partial charge on any atom is -0.484 e. The molecule has 4 rings (SSSR count). The number of aryl methyl sites for hydroxylation is 1. The molecule has 2 heterocycles. The number of aromatic nitrogens is 4. The smallest absolute Gasteiger partial charge is 0.332 e. The van der Waals surface area contributed by atoms with Crippen molar-refractivity contribution >= 4 is 28.9 Å². The topological polar surface area (TPSA) is 177 Å². The number of nitrogens with one attached hydrogen (secondary N) is 3. The fourth-order valence-corrected chi connectivity index (χ4v) is 4.64. The highest BCUT2D eigenvalue weighted by Gasteiger charge is 2.24. The first-order valence-corrected chi connectivity index (χ1v) is 13.3. The first-order valence-electron chi connectivity index (χ1n) is 13.3. The summed E-state index contributed by atoms with van der Waals surface area (Å²) in [6, 6.07) is 6.63. The maximum Gasteiger partial charge on any atom is 0.332 e. The van der Waals surface area contributed by atoms with Crippen LogP contribution in [0.5, 0.6) is 5.75 Å². The number of hydrogen-bond donors (Lipinski definition) is 4. The Balaban J connectivity index is 1.42. The van der Waals surface area contributed by atoms with Gasteiger partial charge in [0.1, 0.15) is 17.1 Å². The summed E-state index contributed by atoms with van der Waals surface area (Å²) in [6.45, 7) is 4.19. The van der Waals surface area contributed by atoms with E-state index in [1.807, 2.05) is 13.8 Å². The molecule has 2 aromatic heterocycles. The number of carbonyl (C=O) groups excluding carboxylic acids is 2. The zero-order valence-electron chi connectivity index (χ0n) is 22.4. The molecule has 40 heavy (non-hydrogen) atoms. The van der Waals surface area contributed by atoms with Crippen LogP contribution in [0.2, 0.25) is 0 Å². The van der Waals surface area contributed by atoms with Gasteiger partial charge >= 0.3 is 11.7 Å². The number of hydrazine groups is 1. The van der Waals surface area contributed by atoms with Crippen LogP contribution in [0.25, 0.3) is 22.6 Å². The van der Waals surface area contributed by atoms with Gasteiger partial charge in [-0.05, 0) is 62.8 Å². The standard InChI is InChI=1S/C27H32N6O7/c1-3-13-32-23-21(25(36)33(14-4-2)27(32)39)28-22(29-23)16-9-11-17(12-10-16)40-15-20(34)30-31-24(35)18-7-5-6-8-19(18)26(37)38/h9-12H,3-8,13-15H2,1-2H3,(H,28,29)(H,30,34)(H,31,35)(H,37,38). The van der Waals surface area contributed by atoms with E-state index in [2.05, 4.69) is 20.8 Å². The number of amides is 2. The second-order valence-electron chi connectivity index (χ2n) is 9.46. The first-order chi connectivity index (χ1) is 19.2. The van der Waals surface area contributed by atoms with E-state index in [0.717, 1.165) is 0 Å². The van der Waals surface area contributed by atoms with Crippen LogP contribution in [0.3, 0.4) is 0 Å². The third kappa shape index (κ3) is 5.98. The molecule has 0 radical (unpaired) electrons. The number of carboxylic acid groups (broad SMARTS) is 1. The molecule has 0 spiro atoms. The minimum absolute atomic E-state index is 0.0686. The highest BCUT2D eigenvalue weighted by atomic mass is 16.5. The van der Waals surface area contributed by atoms with Crippen molar-refractivity contribution in [3.8, 4) is 17.1 Å². The number of carbonyl (C=O) groups is 3. The Kier molecular flexibility index (Phi) is 8.82. The fraction of sp³-hybridized carbons (Fsp3) is 0.407. The van der Waals surface area contributed by atoms with E-state index in [4.69, 9.17) is 4.74 Å². The van der Waals surface area contributed by atoms with Crippen LogP contribution >= 0.6 is 0 Å². The molecule has 0 saturated heterocycles. The minimum atomic E-state index is -1.13. The van der Waals surface area contributed by atoms with Crippen molar-refractivity contribution in [1.82, 2.24) is 30.0 Å². The molecule has 1 aliphatic carbocycles. The molecule has 1 aliphatic rings. The van der Waals surface area contributed by atoms with Gasteiger partial charge in [0.15, 0.2) is 12.3 Å². The number of benzene rings is 1. The third-order valence-electron chi connectivity index (χ3n) is 6.57. The van der Waals surface area contributed by atoms with E-state index in [1.165, 1.54) is 9.13 Å². The predicted molar refractivity (Wildman–Crippen MR) is 146 cm³/mol. The maximum atomic E-state index is 12.9. The van der Waals surface area contributed by atoms with Crippen molar-refractivity contribution in [2.75, 3.05) is 6.61 Å². The largest absolute Gasteiger partial charge is 0.484 e. The van der Waals surface area contributed by atoms with Gasteiger partial charge in [-0.15, -0.1) is 0 Å². The van der Waals surface area contributed by atoms with Gasteiger partial charge in [0, 0.05) is 29.8 Å². The molecule has 0 unspecified atom stereocenters. The fourth-order valence-electron chi connectivity index (χ4n) is 4.64. The second kappa shape index (κ2) is 12.5. The van der Waals surface area contributed by atoms with Crippen molar-refractivity contribution in [1.29, 1.82) is 0 Å². The lowest BCUT2D eigenvalue weighted by Gasteiger charge is -2.17. The van der Waals surface area contributed by atoms with Crippen molar-refractivity contribution in [2.24, 2.45) is 0 Å². The summed E-state index contributed by atoms with van der Waals surface area (Å²) in [5.41, 5.74) is 5.13. The lowest BCUT2D eigenvalue weighted by Crippen LogP contribution is -2.45. The van der Waals surface area contributed by atoms with Crippen LogP contribution < -0.4 is 26.8 Å². The average molecular weight is 553 g/mol. The van der Waals surface area contributed by atoms with E-state index < -0.39 is 29.9 Å². The number of rotatable bonds is 10. The molecule has 0 fully saturated rings. The highest BCUT2D eigenvalue weighted by molar-refractivity contribution is 6.02. The summed E-state index contributed by atoms with van der Waals surface area (Å²) >= 11 is 0. The number of hydrogen-bond acceptors (Lipinski definition) is 7. The molecule has 4 N–H and O–H groups in total. The van der Waals surface area contributed by atoms with Gasteiger partial charge in [0.05, 0.1) is 0 Å². The lowest BCUT2D eigenvalue weighted by atomic mass is 9.91. The summed E-state index contributed by atoms with van der Waals surface area (Å²) in [7, 11) is 0. The van der Waals surface area contributed by atoms with Gasteiger partial charge in [-0.25, -0.2) is 14.6 Å². The quantitative estimate of drug-likeness (QED) is 0.275. The van der Waals surface area contributed by atoms with Gasteiger partial charge in [-0.2, -0.15) is 0 Å². The Morgan fingerprint density at radius 2 is 1.62 bits per heavy atom. The number of aliphatic carboxylic acids is 1. The molecule has 13 nitrogen and oxygen atoms in total. The van der Waals surface area contributed by atoms with Crippen molar-refractivity contribution in [3.63, 3.8) is 0 Å². The Hall–Kier alpha value is -4.68. The summed E-state index contributed by atoms with van der Waals surface area (Å²) in [4.78, 5) is 69.3. The van der Waals surface area contributed by atoms with Crippen molar-refractivity contribution in [3.05, 3.63) is 56.2 Å². The lowest BCUT2D eigenvalue weighted by molar-refractivity contribution is -0.133. The van der Waals surface area contributed by atoms with E-state index in [-0.39, 0.29) is 22.4 Å². The summed E-state index contributed by atoms with van der Waals surface area (Å²) < 4.78 is 8.22. The molecule has 0 atom stereocenters. The number of H-pyrrole nitrogens is 1. The first kappa shape index (κ1) is 28.3. The van der Waals surface area contributed by atoms with E-state index in [9.17, 15) is 29.1 Å². The molecule has 0 saturated carbocycles. The molecular formula is C27H32N6O7. The van der Waals surface area contributed by atoms with Crippen LogP contribution in [-0.2, 0) is 27.5 Å². The van der Waals surface area contributed by atoms with Gasteiger partial charge in [0.25, 0.3) is 17.4 Å². The number of carboxylic acids is 1. The van der Waals surface area contributed by atoms with Crippen LogP contribution in [-0.4, -0.2) is 48.6 Å². The van der Waals surface area contributed by atoms with Crippen LogP contribution in [0.4, 0.5) is 0 Å². The summed E-state index contributed by atoms with van der Waals surface area (Å²) in [5, 5.41) is 9.28. The number of imidazole rings is 1. The molecule has 1 aromatic carbocycles. The van der Waals surface area contributed by atoms with Gasteiger partial charge in [-0.3, -0.25) is 34.4 Å². The molecule has 2 amide bonds. The molecule has 0 bridgehead atoms. The zero-order chi connectivity index (χ0) is 28.8. The predicted octanol–water partition coefficient (Wildman–Crippen LogP) is 1.85. The van der Waals surface area contributed by atoms with Gasteiger partial charge in [-0.1, -0.05) is 13.8 Å². The van der Waals surface area contributed by atoms with E-state index >= 15 is 0 Å². The molecule has 13 heteroatoms. The SMILES string of the molecule is CCCn1c(=O)c2[nH]c(-c3ccc(OCC(=O)NNC(=O)C4=C(C(=O)O)CCCC4)cc3)nc2n(CCC)c1=O. The third-order valence-corrected chi connectivity index (χ3v) is 6.57. The number of fused-ring (bicyclic) bond motifs is 1. The highest BCUT2D eigenvalue weighted by Crippen LogP contribution is 2.25. The van der Waals surface area contributed by atoms with E-state index in [1.54, 1.807) is 24.3 Å². The molecular weight excluding hydrogens is 520 g/mol. The van der Waals surface area contributed by atoms with Gasteiger partial charge < -0.3 is 14.8 Å². The van der Waals surface area contributed by atoms with Crippen molar-refractivity contribution < 1.29 is 24.2 Å². The summed E-state index contributed by atoms with van der Waals surface area (Å²) in [6.07, 6.45) is 3.40. The van der Waals surface area contributed by atoms with Gasteiger partial charge in [0.2, 0.25) is 0 Å².